The lowest BCUT2D eigenvalue weighted by Crippen LogP contribution is -1.94. The lowest BCUT2D eigenvalue weighted by Gasteiger charge is -2.08. The van der Waals surface area contributed by atoms with Crippen LogP contribution in [0.2, 0.25) is 15.1 Å². The Morgan fingerprint density at radius 1 is 1.12 bits per heavy atom. The average Bonchev–Trinajstić information content (AvgIpc) is 2.27. The smallest absolute Gasteiger partial charge is 0.136 e. The lowest BCUT2D eigenvalue weighted by molar-refractivity contribution is 1.32. The van der Waals surface area contributed by atoms with E-state index in [1.54, 1.807) is 18.3 Å². The van der Waals surface area contributed by atoms with Crippen LogP contribution >= 0.6 is 57.4 Å². The van der Waals surface area contributed by atoms with Crippen molar-refractivity contribution in [3.05, 3.63) is 43.0 Å². The van der Waals surface area contributed by atoms with E-state index in [2.05, 4.69) is 27.6 Å². The molecule has 0 aliphatic rings. The predicted octanol–water partition coefficient (Wildman–Crippen LogP) is 4.90. The van der Waals surface area contributed by atoms with Gasteiger partial charge in [0.1, 0.15) is 5.82 Å². The quantitative estimate of drug-likeness (QED) is 0.547. The standard InChI is InChI=1S/C11H6Cl3IN2/c12-6-2-7(10(14)8(13)3-6)5-1-9(15)11(16)17-4-5/h1-4H,(H2,16,17). The van der Waals surface area contributed by atoms with Gasteiger partial charge in [-0.2, -0.15) is 0 Å². The molecule has 0 aliphatic heterocycles. The van der Waals surface area contributed by atoms with Crippen molar-refractivity contribution >= 4 is 63.2 Å². The van der Waals surface area contributed by atoms with Crippen molar-refractivity contribution in [2.75, 3.05) is 5.73 Å². The van der Waals surface area contributed by atoms with E-state index in [4.69, 9.17) is 40.5 Å². The van der Waals surface area contributed by atoms with Crippen LogP contribution in [0.1, 0.15) is 0 Å². The third-order valence-electron chi connectivity index (χ3n) is 2.17. The van der Waals surface area contributed by atoms with Crippen LogP contribution in [0.15, 0.2) is 24.4 Å². The number of hydrogen-bond acceptors (Lipinski definition) is 2. The zero-order valence-electron chi connectivity index (χ0n) is 8.35. The molecule has 1 heterocycles. The molecule has 0 saturated carbocycles. The summed E-state index contributed by atoms with van der Waals surface area (Å²) in [5.41, 5.74) is 7.24. The fourth-order valence-corrected chi connectivity index (χ4v) is 2.55. The number of halogens is 4. The molecule has 17 heavy (non-hydrogen) atoms. The van der Waals surface area contributed by atoms with Crippen LogP contribution < -0.4 is 5.73 Å². The molecule has 0 atom stereocenters. The van der Waals surface area contributed by atoms with E-state index in [0.717, 1.165) is 14.7 Å². The predicted molar refractivity (Wildman–Crippen MR) is 81.8 cm³/mol. The summed E-state index contributed by atoms with van der Waals surface area (Å²) in [5.74, 6) is 0.485. The van der Waals surface area contributed by atoms with Crippen LogP contribution in [0.25, 0.3) is 11.1 Å². The first kappa shape index (κ1) is 13.2. The number of anilines is 1. The summed E-state index contributed by atoms with van der Waals surface area (Å²) in [6, 6.07) is 5.24. The van der Waals surface area contributed by atoms with Crippen molar-refractivity contribution in [1.29, 1.82) is 0 Å². The summed E-state index contributed by atoms with van der Waals surface area (Å²) in [6.45, 7) is 0. The van der Waals surface area contributed by atoms with Crippen molar-refractivity contribution in [2.45, 2.75) is 0 Å². The van der Waals surface area contributed by atoms with E-state index in [1.807, 2.05) is 6.07 Å². The zero-order valence-corrected chi connectivity index (χ0v) is 12.8. The molecular weight excluding hydrogens is 393 g/mol. The second kappa shape index (κ2) is 5.18. The normalized spacial score (nSPS) is 10.6. The molecule has 0 aliphatic carbocycles. The number of aromatic nitrogens is 1. The van der Waals surface area contributed by atoms with Gasteiger partial charge < -0.3 is 5.73 Å². The highest BCUT2D eigenvalue weighted by Crippen LogP contribution is 2.36. The Morgan fingerprint density at radius 2 is 1.82 bits per heavy atom. The highest BCUT2D eigenvalue weighted by molar-refractivity contribution is 14.1. The van der Waals surface area contributed by atoms with Gasteiger partial charge >= 0.3 is 0 Å². The fourth-order valence-electron chi connectivity index (χ4n) is 1.36. The van der Waals surface area contributed by atoms with E-state index in [0.29, 0.717) is 20.9 Å². The van der Waals surface area contributed by atoms with Crippen LogP contribution in [-0.4, -0.2) is 4.98 Å². The average molecular weight is 399 g/mol. The topological polar surface area (TPSA) is 38.9 Å². The Balaban J connectivity index is 2.64. The van der Waals surface area contributed by atoms with Crippen LogP contribution in [-0.2, 0) is 0 Å². The van der Waals surface area contributed by atoms with Gasteiger partial charge in [0, 0.05) is 22.3 Å². The maximum absolute atomic E-state index is 6.14. The van der Waals surface area contributed by atoms with Gasteiger partial charge in [0.25, 0.3) is 0 Å². The molecule has 2 N–H and O–H groups in total. The van der Waals surface area contributed by atoms with Crippen molar-refractivity contribution in [2.24, 2.45) is 0 Å². The Kier molecular flexibility index (Phi) is 4.02. The first-order valence-corrected chi connectivity index (χ1v) is 6.76. The van der Waals surface area contributed by atoms with Gasteiger partial charge in [-0.25, -0.2) is 4.98 Å². The number of hydrogen-bond donors (Lipinski definition) is 1. The molecule has 0 saturated heterocycles. The van der Waals surface area contributed by atoms with Crippen molar-refractivity contribution < 1.29 is 0 Å². The Labute approximate surface area is 127 Å². The van der Waals surface area contributed by atoms with Crippen molar-refractivity contribution in [3.8, 4) is 11.1 Å². The largest absolute Gasteiger partial charge is 0.383 e. The fraction of sp³-hybridized carbons (Fsp3) is 0. The summed E-state index contributed by atoms with van der Waals surface area (Å²) in [5, 5.41) is 1.40. The second-order valence-electron chi connectivity index (χ2n) is 3.34. The summed E-state index contributed by atoms with van der Waals surface area (Å²) < 4.78 is 0.854. The summed E-state index contributed by atoms with van der Waals surface area (Å²) >= 11 is 20.2. The SMILES string of the molecule is Nc1ncc(-c2cc(Cl)cc(Cl)c2Cl)cc1I. The number of nitrogens with two attached hydrogens (primary N) is 1. The Hall–Kier alpha value is -0.230. The van der Waals surface area contributed by atoms with Gasteiger partial charge in [-0.15, -0.1) is 0 Å². The molecule has 88 valence electrons. The summed E-state index contributed by atoms with van der Waals surface area (Å²) in [4.78, 5) is 4.08. The van der Waals surface area contributed by atoms with E-state index in [1.165, 1.54) is 0 Å². The molecule has 0 amide bonds. The van der Waals surface area contributed by atoms with E-state index in [-0.39, 0.29) is 0 Å². The lowest BCUT2D eigenvalue weighted by atomic mass is 10.1. The minimum atomic E-state index is 0.418. The van der Waals surface area contributed by atoms with Crippen LogP contribution in [0.3, 0.4) is 0 Å². The molecule has 1 aromatic heterocycles. The summed E-state index contributed by atoms with van der Waals surface area (Å²) in [7, 11) is 0. The first-order chi connectivity index (χ1) is 7.99. The molecule has 2 aromatic rings. The molecule has 1 aromatic carbocycles. The third-order valence-corrected chi connectivity index (χ3v) is 4.06. The van der Waals surface area contributed by atoms with Gasteiger partial charge in [0.05, 0.1) is 13.6 Å². The van der Waals surface area contributed by atoms with Crippen LogP contribution in [0, 0.1) is 3.57 Å². The maximum Gasteiger partial charge on any atom is 0.136 e. The van der Waals surface area contributed by atoms with Gasteiger partial charge in [-0.05, 0) is 40.8 Å². The number of nitrogen functional groups attached to an aromatic ring is 1. The zero-order chi connectivity index (χ0) is 12.6. The molecule has 0 bridgehead atoms. The van der Waals surface area contributed by atoms with E-state index in [9.17, 15) is 0 Å². The van der Waals surface area contributed by atoms with Gasteiger partial charge in [0.2, 0.25) is 0 Å². The molecule has 6 heteroatoms. The molecule has 0 spiro atoms. The monoisotopic (exact) mass is 398 g/mol. The molecule has 0 unspecified atom stereocenters. The number of benzene rings is 1. The number of rotatable bonds is 1. The third kappa shape index (κ3) is 2.78. The Bertz CT molecular complexity index is 587. The van der Waals surface area contributed by atoms with Crippen molar-refractivity contribution in [1.82, 2.24) is 4.98 Å². The van der Waals surface area contributed by atoms with Gasteiger partial charge in [0.15, 0.2) is 0 Å². The first-order valence-electron chi connectivity index (χ1n) is 4.55. The highest BCUT2D eigenvalue weighted by Gasteiger charge is 2.10. The molecule has 0 fully saturated rings. The van der Waals surface area contributed by atoms with Crippen LogP contribution in [0.4, 0.5) is 5.82 Å². The molecule has 0 radical (unpaired) electrons. The Morgan fingerprint density at radius 3 is 2.47 bits per heavy atom. The molecular formula is C11H6Cl3IN2. The van der Waals surface area contributed by atoms with Gasteiger partial charge in [-0.1, -0.05) is 34.8 Å². The second-order valence-corrected chi connectivity index (χ2v) is 5.72. The maximum atomic E-state index is 6.14. The molecule has 2 rings (SSSR count). The van der Waals surface area contributed by atoms with E-state index < -0.39 is 0 Å². The number of nitrogens with zero attached hydrogens (tertiary/aromatic N) is 1. The highest BCUT2D eigenvalue weighted by atomic mass is 127. The minimum absolute atomic E-state index is 0.418. The minimum Gasteiger partial charge on any atom is -0.383 e. The summed E-state index contributed by atoms with van der Waals surface area (Å²) in [6.07, 6.45) is 1.64. The molecule has 2 nitrogen and oxygen atoms in total. The van der Waals surface area contributed by atoms with Crippen molar-refractivity contribution in [3.63, 3.8) is 0 Å². The number of pyridine rings is 1. The van der Waals surface area contributed by atoms with E-state index >= 15 is 0 Å². The van der Waals surface area contributed by atoms with Gasteiger partial charge in [-0.3, -0.25) is 0 Å². The van der Waals surface area contributed by atoms with Crippen LogP contribution in [0.5, 0.6) is 0 Å².